The zero-order valence-electron chi connectivity index (χ0n) is 15.3. The van der Waals surface area contributed by atoms with E-state index < -0.39 is 9.84 Å². The van der Waals surface area contributed by atoms with Gasteiger partial charge in [-0.3, -0.25) is 4.79 Å². The standard InChI is InChI=1S/C19H24N2O5S/c1-25-17-9-8-15(12-18(17)26-2)27(23,24)11-10-19(22)21-13-16(20)14-6-4-3-5-7-14/h3-9,12,16H,10-11,13,20H2,1-2H3,(H,21,22). The fourth-order valence-electron chi connectivity index (χ4n) is 2.49. The number of carbonyl (C=O) groups is 1. The Morgan fingerprint density at radius 1 is 1.07 bits per heavy atom. The smallest absolute Gasteiger partial charge is 0.221 e. The van der Waals surface area contributed by atoms with E-state index in [2.05, 4.69) is 5.32 Å². The first-order chi connectivity index (χ1) is 12.9. The highest BCUT2D eigenvalue weighted by Gasteiger charge is 2.19. The zero-order valence-corrected chi connectivity index (χ0v) is 16.2. The number of hydrogen-bond donors (Lipinski definition) is 2. The number of methoxy groups -OCH3 is 2. The van der Waals surface area contributed by atoms with E-state index >= 15 is 0 Å². The predicted molar refractivity (Wildman–Crippen MR) is 103 cm³/mol. The second-order valence-corrected chi connectivity index (χ2v) is 8.02. The van der Waals surface area contributed by atoms with Gasteiger partial charge in [0.25, 0.3) is 0 Å². The summed E-state index contributed by atoms with van der Waals surface area (Å²) in [7, 11) is -0.734. The highest BCUT2D eigenvalue weighted by molar-refractivity contribution is 7.91. The van der Waals surface area contributed by atoms with E-state index in [-0.39, 0.29) is 35.6 Å². The summed E-state index contributed by atoms with van der Waals surface area (Å²) in [6.45, 7) is 0.235. The molecule has 0 saturated heterocycles. The van der Waals surface area contributed by atoms with Crippen LogP contribution in [0.5, 0.6) is 11.5 Å². The maximum absolute atomic E-state index is 12.5. The van der Waals surface area contributed by atoms with E-state index in [1.807, 2.05) is 30.3 Å². The monoisotopic (exact) mass is 392 g/mol. The van der Waals surface area contributed by atoms with Gasteiger partial charge >= 0.3 is 0 Å². The van der Waals surface area contributed by atoms with E-state index in [0.717, 1.165) is 5.56 Å². The van der Waals surface area contributed by atoms with Gasteiger partial charge in [0.05, 0.1) is 24.9 Å². The molecule has 146 valence electrons. The predicted octanol–water partition coefficient (Wildman–Crippen LogP) is 1.68. The Labute approximate surface area is 159 Å². The quantitative estimate of drug-likeness (QED) is 0.672. The van der Waals surface area contributed by atoms with Gasteiger partial charge in [-0.1, -0.05) is 30.3 Å². The molecule has 2 rings (SSSR count). The van der Waals surface area contributed by atoms with Crippen molar-refractivity contribution in [3.05, 3.63) is 54.1 Å². The summed E-state index contributed by atoms with van der Waals surface area (Å²) in [6.07, 6.45) is -0.155. The molecule has 0 heterocycles. The highest BCUT2D eigenvalue weighted by Crippen LogP contribution is 2.29. The fraction of sp³-hybridized carbons (Fsp3) is 0.316. The Hall–Kier alpha value is -2.58. The molecule has 0 aliphatic heterocycles. The molecule has 1 atom stereocenters. The molecule has 1 amide bonds. The summed E-state index contributed by atoms with van der Waals surface area (Å²) < 4.78 is 35.1. The van der Waals surface area contributed by atoms with Crippen molar-refractivity contribution in [2.24, 2.45) is 5.73 Å². The molecular formula is C19H24N2O5S. The maximum atomic E-state index is 12.5. The second-order valence-electron chi connectivity index (χ2n) is 5.91. The van der Waals surface area contributed by atoms with Gasteiger partial charge in [-0.05, 0) is 17.7 Å². The molecule has 0 saturated carbocycles. The number of benzene rings is 2. The minimum absolute atomic E-state index is 0.0777. The van der Waals surface area contributed by atoms with E-state index in [0.29, 0.717) is 11.5 Å². The summed E-state index contributed by atoms with van der Waals surface area (Å²) in [5.74, 6) is 0.0703. The summed E-state index contributed by atoms with van der Waals surface area (Å²) in [6, 6.07) is 13.4. The van der Waals surface area contributed by atoms with Crippen molar-refractivity contribution >= 4 is 15.7 Å². The van der Waals surface area contributed by atoms with Crippen LogP contribution in [0, 0.1) is 0 Å². The van der Waals surface area contributed by atoms with Gasteiger partial charge < -0.3 is 20.5 Å². The molecule has 8 heteroatoms. The molecule has 3 N–H and O–H groups in total. The van der Waals surface area contributed by atoms with Crippen LogP contribution < -0.4 is 20.5 Å². The molecule has 2 aromatic rings. The molecular weight excluding hydrogens is 368 g/mol. The molecule has 1 unspecified atom stereocenters. The molecule has 0 radical (unpaired) electrons. The minimum atomic E-state index is -3.63. The van der Waals surface area contributed by atoms with Crippen LogP contribution in [0.2, 0.25) is 0 Å². The van der Waals surface area contributed by atoms with Gasteiger partial charge in [-0.15, -0.1) is 0 Å². The Bertz CT molecular complexity index is 869. The molecule has 2 aromatic carbocycles. The molecule has 0 aromatic heterocycles. The van der Waals surface area contributed by atoms with Crippen LogP contribution in [-0.4, -0.2) is 40.8 Å². The average Bonchev–Trinajstić information content (AvgIpc) is 2.70. The molecule has 7 nitrogen and oxygen atoms in total. The summed E-state index contributed by atoms with van der Waals surface area (Å²) >= 11 is 0. The van der Waals surface area contributed by atoms with E-state index in [1.165, 1.54) is 32.4 Å². The van der Waals surface area contributed by atoms with Crippen molar-refractivity contribution in [3.63, 3.8) is 0 Å². The first-order valence-corrected chi connectivity index (χ1v) is 10.0. The van der Waals surface area contributed by atoms with Crippen LogP contribution in [0.25, 0.3) is 0 Å². The van der Waals surface area contributed by atoms with Gasteiger partial charge in [0, 0.05) is 25.1 Å². The van der Waals surface area contributed by atoms with Gasteiger partial charge in [-0.2, -0.15) is 0 Å². The lowest BCUT2D eigenvalue weighted by Crippen LogP contribution is -2.32. The van der Waals surface area contributed by atoms with Crippen molar-refractivity contribution in [2.45, 2.75) is 17.4 Å². The Balaban J connectivity index is 1.92. The van der Waals surface area contributed by atoms with E-state index in [4.69, 9.17) is 15.2 Å². The van der Waals surface area contributed by atoms with Crippen LogP contribution in [0.1, 0.15) is 18.0 Å². The third kappa shape index (κ3) is 5.70. The molecule has 0 aliphatic carbocycles. The van der Waals surface area contributed by atoms with Crippen molar-refractivity contribution < 1.29 is 22.7 Å². The number of hydrogen-bond acceptors (Lipinski definition) is 6. The van der Waals surface area contributed by atoms with Gasteiger partial charge in [0.2, 0.25) is 5.91 Å². The Morgan fingerprint density at radius 2 is 1.74 bits per heavy atom. The topological polar surface area (TPSA) is 108 Å². The Kier molecular flexibility index (Phi) is 7.20. The minimum Gasteiger partial charge on any atom is -0.493 e. The second kappa shape index (κ2) is 9.38. The van der Waals surface area contributed by atoms with Crippen LogP contribution in [0.3, 0.4) is 0 Å². The largest absolute Gasteiger partial charge is 0.493 e. The number of rotatable bonds is 9. The normalized spacial score (nSPS) is 12.3. The first kappa shape index (κ1) is 20.7. The van der Waals surface area contributed by atoms with E-state index in [9.17, 15) is 13.2 Å². The lowest BCUT2D eigenvalue weighted by Gasteiger charge is -2.13. The highest BCUT2D eigenvalue weighted by atomic mass is 32.2. The summed E-state index contributed by atoms with van der Waals surface area (Å²) in [5, 5.41) is 2.67. The van der Waals surface area contributed by atoms with Gasteiger partial charge in [-0.25, -0.2) is 8.42 Å². The van der Waals surface area contributed by atoms with Crippen molar-refractivity contribution in [2.75, 3.05) is 26.5 Å². The van der Waals surface area contributed by atoms with Crippen LogP contribution in [0.15, 0.2) is 53.4 Å². The lowest BCUT2D eigenvalue weighted by atomic mass is 10.1. The third-order valence-corrected chi connectivity index (χ3v) is 5.77. The third-order valence-electron chi connectivity index (χ3n) is 4.06. The number of amides is 1. The van der Waals surface area contributed by atoms with Crippen molar-refractivity contribution in [1.29, 1.82) is 0 Å². The maximum Gasteiger partial charge on any atom is 0.221 e. The summed E-state index contributed by atoms with van der Waals surface area (Å²) in [5.41, 5.74) is 6.92. The lowest BCUT2D eigenvalue weighted by molar-refractivity contribution is -0.120. The van der Waals surface area contributed by atoms with Gasteiger partial charge in [0.1, 0.15) is 0 Å². The van der Waals surface area contributed by atoms with Crippen molar-refractivity contribution in [1.82, 2.24) is 5.32 Å². The number of nitrogens with one attached hydrogen (secondary N) is 1. The SMILES string of the molecule is COc1ccc(S(=O)(=O)CCC(=O)NCC(N)c2ccccc2)cc1OC. The van der Waals surface area contributed by atoms with Crippen LogP contribution >= 0.6 is 0 Å². The average molecular weight is 392 g/mol. The number of sulfone groups is 1. The molecule has 0 aliphatic rings. The molecule has 27 heavy (non-hydrogen) atoms. The number of nitrogens with two attached hydrogens (primary N) is 1. The fourth-order valence-corrected chi connectivity index (χ4v) is 3.74. The van der Waals surface area contributed by atoms with Gasteiger partial charge in [0.15, 0.2) is 21.3 Å². The number of carbonyl (C=O) groups excluding carboxylic acids is 1. The van der Waals surface area contributed by atoms with E-state index in [1.54, 1.807) is 0 Å². The first-order valence-electron chi connectivity index (χ1n) is 8.39. The molecule has 0 bridgehead atoms. The zero-order chi connectivity index (χ0) is 19.9. The Morgan fingerprint density at radius 3 is 2.37 bits per heavy atom. The molecule has 0 spiro atoms. The van der Waals surface area contributed by atoms with Crippen LogP contribution in [-0.2, 0) is 14.6 Å². The number of ether oxygens (including phenoxy) is 2. The van der Waals surface area contributed by atoms with Crippen molar-refractivity contribution in [3.8, 4) is 11.5 Å². The summed E-state index contributed by atoms with van der Waals surface area (Å²) in [4.78, 5) is 12.1. The molecule has 0 fully saturated rings. The van der Waals surface area contributed by atoms with Crippen LogP contribution in [0.4, 0.5) is 0 Å².